The van der Waals surface area contributed by atoms with Crippen LogP contribution < -0.4 is 5.73 Å². The molecule has 0 radical (unpaired) electrons. The molecule has 1 aliphatic carbocycles. The van der Waals surface area contributed by atoms with Gasteiger partial charge in [-0.2, -0.15) is 4.31 Å². The number of hydrogen-bond acceptors (Lipinski definition) is 5. The van der Waals surface area contributed by atoms with E-state index in [2.05, 4.69) is 0 Å². The van der Waals surface area contributed by atoms with Gasteiger partial charge in [-0.25, -0.2) is 16.8 Å². The summed E-state index contributed by atoms with van der Waals surface area (Å²) in [4.78, 5) is 0. The minimum absolute atomic E-state index is 0.0332. The number of nitrogen functional groups attached to an aromatic ring is 1. The number of hydrogen-bond donors (Lipinski definition) is 1. The topological polar surface area (TPSA) is 97.5 Å². The molecule has 0 aliphatic heterocycles. The van der Waals surface area contributed by atoms with Crippen LogP contribution in [0.1, 0.15) is 18.4 Å². The van der Waals surface area contributed by atoms with Gasteiger partial charge >= 0.3 is 0 Å². The van der Waals surface area contributed by atoms with E-state index in [0.29, 0.717) is 5.69 Å². The number of nitrogens with zero attached hydrogens (tertiary/aromatic N) is 1. The maximum atomic E-state index is 12.4. The monoisotopic (exact) mass is 332 g/mol. The number of rotatable bonds is 7. The molecule has 118 valence electrons. The highest BCUT2D eigenvalue weighted by Gasteiger charge is 2.37. The summed E-state index contributed by atoms with van der Waals surface area (Å²) in [7, 11) is -6.92. The van der Waals surface area contributed by atoms with Crippen molar-refractivity contribution in [3.05, 3.63) is 29.8 Å². The lowest BCUT2D eigenvalue weighted by molar-refractivity contribution is 0.400. The van der Waals surface area contributed by atoms with Crippen molar-refractivity contribution in [1.29, 1.82) is 0 Å². The molecule has 1 aromatic carbocycles. The van der Waals surface area contributed by atoms with E-state index >= 15 is 0 Å². The average Bonchev–Trinajstić information content (AvgIpc) is 3.19. The molecular weight excluding hydrogens is 312 g/mol. The Morgan fingerprint density at radius 3 is 2.29 bits per heavy atom. The van der Waals surface area contributed by atoms with Crippen LogP contribution in [0.2, 0.25) is 0 Å². The van der Waals surface area contributed by atoms with Crippen LogP contribution >= 0.6 is 0 Å². The van der Waals surface area contributed by atoms with Crippen LogP contribution in [0.3, 0.4) is 0 Å². The van der Waals surface area contributed by atoms with Gasteiger partial charge < -0.3 is 5.73 Å². The molecule has 0 heterocycles. The Labute approximate surface area is 125 Å². The lowest BCUT2D eigenvalue weighted by Gasteiger charge is -2.22. The zero-order valence-electron chi connectivity index (χ0n) is 11.9. The number of para-hydroxylation sites is 1. The van der Waals surface area contributed by atoms with Gasteiger partial charge in [0.1, 0.15) is 9.84 Å². The van der Waals surface area contributed by atoms with Crippen molar-refractivity contribution in [2.75, 3.05) is 23.5 Å². The Morgan fingerprint density at radius 1 is 1.14 bits per heavy atom. The number of benzene rings is 1. The second-order valence-corrected chi connectivity index (χ2v) is 9.72. The summed E-state index contributed by atoms with van der Waals surface area (Å²) in [5, 5.41) is 0. The van der Waals surface area contributed by atoms with Gasteiger partial charge in [0.05, 0.1) is 11.5 Å². The van der Waals surface area contributed by atoms with E-state index in [-0.39, 0.29) is 24.1 Å². The van der Waals surface area contributed by atoms with Crippen molar-refractivity contribution in [2.24, 2.45) is 0 Å². The predicted molar refractivity (Wildman–Crippen MR) is 82.9 cm³/mol. The molecule has 0 amide bonds. The first-order chi connectivity index (χ1) is 9.69. The van der Waals surface area contributed by atoms with E-state index in [4.69, 9.17) is 5.73 Å². The predicted octanol–water partition coefficient (Wildman–Crippen LogP) is 0.608. The molecular formula is C13H20N2O4S2. The van der Waals surface area contributed by atoms with Gasteiger partial charge in [-0.15, -0.1) is 0 Å². The smallest absolute Gasteiger partial charge is 0.215 e. The van der Waals surface area contributed by atoms with Crippen molar-refractivity contribution >= 4 is 25.5 Å². The molecule has 0 aromatic heterocycles. The van der Waals surface area contributed by atoms with Crippen molar-refractivity contribution in [3.63, 3.8) is 0 Å². The summed E-state index contributed by atoms with van der Waals surface area (Å²) >= 11 is 0. The van der Waals surface area contributed by atoms with Gasteiger partial charge in [-0.05, 0) is 24.5 Å². The zero-order valence-corrected chi connectivity index (χ0v) is 13.5. The molecule has 8 heteroatoms. The first-order valence-corrected chi connectivity index (χ1v) is 10.4. The van der Waals surface area contributed by atoms with E-state index in [0.717, 1.165) is 24.7 Å². The van der Waals surface area contributed by atoms with E-state index < -0.39 is 19.9 Å². The molecule has 1 saturated carbocycles. The van der Waals surface area contributed by atoms with Crippen molar-refractivity contribution < 1.29 is 16.8 Å². The highest BCUT2D eigenvalue weighted by Crippen LogP contribution is 2.32. The minimum Gasteiger partial charge on any atom is -0.398 e. The summed E-state index contributed by atoms with van der Waals surface area (Å²) in [6.07, 6.45) is 2.66. The molecule has 0 bridgehead atoms. The molecule has 1 aromatic rings. The molecule has 2 N–H and O–H groups in total. The fourth-order valence-corrected chi connectivity index (χ4v) is 5.33. The standard InChI is InChI=1S/C13H20N2O4S2/c1-20(16,17)8-9-21(18,19)15(12-6-7-12)10-11-4-2-3-5-13(11)14/h2-5,12H,6-10,14H2,1H3. The Bertz CT molecular complexity index is 709. The molecule has 0 spiro atoms. The van der Waals surface area contributed by atoms with Gasteiger partial charge in [0, 0.05) is 24.5 Å². The Balaban J connectivity index is 2.17. The first-order valence-electron chi connectivity index (χ1n) is 6.70. The number of sulfone groups is 1. The van der Waals surface area contributed by atoms with Crippen LogP contribution in [0.25, 0.3) is 0 Å². The molecule has 0 atom stereocenters. The van der Waals surface area contributed by atoms with Crippen molar-refractivity contribution in [2.45, 2.75) is 25.4 Å². The van der Waals surface area contributed by atoms with Crippen LogP contribution in [0.5, 0.6) is 0 Å². The molecule has 1 fully saturated rings. The Hall–Kier alpha value is -1.12. The number of nitrogens with two attached hydrogens (primary N) is 1. The highest BCUT2D eigenvalue weighted by molar-refractivity contribution is 7.93. The lowest BCUT2D eigenvalue weighted by atomic mass is 10.2. The molecule has 2 rings (SSSR count). The maximum Gasteiger partial charge on any atom is 0.215 e. The lowest BCUT2D eigenvalue weighted by Crippen LogP contribution is -2.36. The van der Waals surface area contributed by atoms with Crippen LogP contribution in [0.4, 0.5) is 5.69 Å². The fraction of sp³-hybridized carbons (Fsp3) is 0.538. The third-order valence-corrected chi connectivity index (χ3v) is 6.47. The van der Waals surface area contributed by atoms with Gasteiger partial charge in [0.15, 0.2) is 0 Å². The van der Waals surface area contributed by atoms with Crippen LogP contribution in [-0.4, -0.2) is 44.9 Å². The maximum absolute atomic E-state index is 12.4. The summed E-state index contributed by atoms with van der Waals surface area (Å²) in [6, 6.07) is 7.08. The second kappa shape index (κ2) is 5.94. The highest BCUT2D eigenvalue weighted by atomic mass is 32.2. The molecule has 0 saturated heterocycles. The van der Waals surface area contributed by atoms with Crippen LogP contribution in [0, 0.1) is 0 Å². The molecule has 1 aliphatic rings. The number of sulfonamides is 1. The van der Waals surface area contributed by atoms with Crippen LogP contribution in [-0.2, 0) is 26.4 Å². The normalized spacial score (nSPS) is 16.3. The van der Waals surface area contributed by atoms with Crippen LogP contribution in [0.15, 0.2) is 24.3 Å². The van der Waals surface area contributed by atoms with Gasteiger partial charge in [-0.3, -0.25) is 0 Å². The summed E-state index contributed by atoms with van der Waals surface area (Å²) in [5.74, 6) is -0.738. The van der Waals surface area contributed by atoms with E-state index in [1.54, 1.807) is 24.3 Å². The Morgan fingerprint density at radius 2 is 1.76 bits per heavy atom. The van der Waals surface area contributed by atoms with Gasteiger partial charge in [0.25, 0.3) is 0 Å². The SMILES string of the molecule is CS(=O)(=O)CCS(=O)(=O)N(Cc1ccccc1N)C1CC1. The summed E-state index contributed by atoms with van der Waals surface area (Å²) < 4.78 is 48.6. The molecule has 0 unspecified atom stereocenters. The quantitative estimate of drug-likeness (QED) is 0.738. The number of anilines is 1. The van der Waals surface area contributed by atoms with E-state index in [1.807, 2.05) is 0 Å². The average molecular weight is 332 g/mol. The third-order valence-electron chi connectivity index (χ3n) is 3.40. The third kappa shape index (κ3) is 4.69. The Kier molecular flexibility index (Phi) is 4.60. The minimum atomic E-state index is -3.61. The molecule has 21 heavy (non-hydrogen) atoms. The molecule has 6 nitrogen and oxygen atoms in total. The fourth-order valence-electron chi connectivity index (χ4n) is 2.04. The largest absolute Gasteiger partial charge is 0.398 e. The van der Waals surface area contributed by atoms with Gasteiger partial charge in [-0.1, -0.05) is 18.2 Å². The van der Waals surface area contributed by atoms with Gasteiger partial charge in [0.2, 0.25) is 10.0 Å². The first kappa shape index (κ1) is 16.3. The van der Waals surface area contributed by atoms with Crippen molar-refractivity contribution in [1.82, 2.24) is 4.31 Å². The zero-order chi connectivity index (χ0) is 15.7. The van der Waals surface area contributed by atoms with Crippen molar-refractivity contribution in [3.8, 4) is 0 Å². The summed E-state index contributed by atoms with van der Waals surface area (Å²) in [6.45, 7) is 0.198. The second-order valence-electron chi connectivity index (χ2n) is 5.42. The van der Waals surface area contributed by atoms with E-state index in [1.165, 1.54) is 4.31 Å². The van der Waals surface area contributed by atoms with E-state index in [9.17, 15) is 16.8 Å². The summed E-state index contributed by atoms with van der Waals surface area (Å²) in [5.41, 5.74) is 7.14.